The molecule has 1 nitrogen and oxygen atoms in total. The van der Waals surface area contributed by atoms with Crippen LogP contribution < -0.4 is 0 Å². The van der Waals surface area contributed by atoms with E-state index in [-0.39, 0.29) is 11.7 Å². The van der Waals surface area contributed by atoms with Crippen molar-refractivity contribution in [1.82, 2.24) is 0 Å². The second kappa shape index (κ2) is 3.67. The van der Waals surface area contributed by atoms with Gasteiger partial charge in [0.25, 0.3) is 0 Å². The summed E-state index contributed by atoms with van der Waals surface area (Å²) in [5, 5.41) is 2.04. The van der Waals surface area contributed by atoms with Crippen molar-refractivity contribution in [2.24, 2.45) is 0 Å². The van der Waals surface area contributed by atoms with Crippen molar-refractivity contribution in [2.75, 3.05) is 0 Å². The molecule has 1 aromatic carbocycles. The number of halogens is 2. The van der Waals surface area contributed by atoms with Crippen LogP contribution in [0.3, 0.4) is 0 Å². The molecule has 0 aliphatic heterocycles. The lowest BCUT2D eigenvalue weighted by atomic mass is 10.1. The highest BCUT2D eigenvalue weighted by atomic mass is 35.5. The molecule has 0 unspecified atom stereocenters. The molecule has 14 heavy (non-hydrogen) atoms. The van der Waals surface area contributed by atoms with Gasteiger partial charge in [-0.2, -0.15) is 0 Å². The van der Waals surface area contributed by atoms with Gasteiger partial charge < -0.3 is 0 Å². The number of thiophene rings is 1. The summed E-state index contributed by atoms with van der Waals surface area (Å²) in [6.45, 7) is 0. The maximum atomic E-state index is 13.7. The highest BCUT2D eigenvalue weighted by Gasteiger charge is 2.11. The van der Waals surface area contributed by atoms with Gasteiger partial charge in [-0.15, -0.1) is 22.9 Å². The van der Waals surface area contributed by atoms with E-state index >= 15 is 0 Å². The number of hydrogen-bond donors (Lipinski definition) is 0. The van der Waals surface area contributed by atoms with E-state index in [0.717, 1.165) is 4.70 Å². The Labute approximate surface area is 89.1 Å². The zero-order valence-electron chi connectivity index (χ0n) is 7.09. The van der Waals surface area contributed by atoms with Crippen molar-refractivity contribution in [3.05, 3.63) is 34.5 Å². The Morgan fingerprint density at radius 1 is 1.50 bits per heavy atom. The van der Waals surface area contributed by atoms with Crippen LogP contribution in [-0.4, -0.2) is 6.29 Å². The van der Waals surface area contributed by atoms with Crippen LogP contribution in [-0.2, 0) is 5.88 Å². The molecule has 0 fully saturated rings. The Bertz CT molecular complexity index is 492. The van der Waals surface area contributed by atoms with E-state index in [4.69, 9.17) is 11.6 Å². The number of benzene rings is 1. The second-order valence-corrected chi connectivity index (χ2v) is 4.03. The van der Waals surface area contributed by atoms with Crippen LogP contribution in [0.4, 0.5) is 4.39 Å². The van der Waals surface area contributed by atoms with Crippen LogP contribution in [0.15, 0.2) is 17.5 Å². The fourth-order valence-electron chi connectivity index (χ4n) is 1.34. The minimum Gasteiger partial charge on any atom is -0.298 e. The van der Waals surface area contributed by atoms with Crippen LogP contribution in [0.5, 0.6) is 0 Å². The topological polar surface area (TPSA) is 17.1 Å². The molecule has 0 saturated carbocycles. The van der Waals surface area contributed by atoms with E-state index in [9.17, 15) is 9.18 Å². The number of fused-ring (bicyclic) bond motifs is 1. The van der Waals surface area contributed by atoms with E-state index < -0.39 is 0 Å². The van der Waals surface area contributed by atoms with E-state index in [1.807, 2.05) is 0 Å². The lowest BCUT2D eigenvalue weighted by molar-refractivity contribution is 0.112. The molecule has 0 spiro atoms. The molecular formula is C10H6ClFOS. The first-order chi connectivity index (χ1) is 6.77. The third-order valence-corrected chi connectivity index (χ3v) is 3.31. The summed E-state index contributed by atoms with van der Waals surface area (Å²) in [4.78, 5) is 10.6. The van der Waals surface area contributed by atoms with Gasteiger partial charge in [0.2, 0.25) is 0 Å². The summed E-state index contributed by atoms with van der Waals surface area (Å²) in [5.41, 5.74) is 0.829. The van der Waals surface area contributed by atoms with Gasteiger partial charge in [-0.1, -0.05) is 6.07 Å². The van der Waals surface area contributed by atoms with Gasteiger partial charge in [0.05, 0.1) is 5.88 Å². The quantitative estimate of drug-likeness (QED) is 0.567. The maximum absolute atomic E-state index is 13.7. The average molecular weight is 229 g/mol. The first-order valence-electron chi connectivity index (χ1n) is 3.97. The zero-order chi connectivity index (χ0) is 10.1. The standard InChI is InChI=1S/C10H6ClFOS/c11-3-6-1-2-8-9(10(6)12)7(4-13)5-14-8/h1-2,4-5H,3H2. The summed E-state index contributed by atoms with van der Waals surface area (Å²) in [7, 11) is 0. The predicted molar refractivity (Wildman–Crippen MR) is 56.7 cm³/mol. The lowest BCUT2D eigenvalue weighted by Crippen LogP contribution is -1.88. The Kier molecular flexibility index (Phi) is 2.52. The zero-order valence-corrected chi connectivity index (χ0v) is 8.66. The van der Waals surface area contributed by atoms with Gasteiger partial charge in [-0.05, 0) is 6.07 Å². The van der Waals surface area contributed by atoms with Gasteiger partial charge in [-0.25, -0.2) is 4.39 Å². The molecule has 0 N–H and O–H groups in total. The largest absolute Gasteiger partial charge is 0.298 e. The fourth-order valence-corrected chi connectivity index (χ4v) is 2.45. The molecule has 0 amide bonds. The summed E-state index contributed by atoms with van der Waals surface area (Å²) in [5.74, 6) is -0.253. The molecule has 0 radical (unpaired) electrons. The van der Waals surface area contributed by atoms with Crippen molar-refractivity contribution >= 4 is 39.3 Å². The third-order valence-electron chi connectivity index (χ3n) is 2.06. The highest BCUT2D eigenvalue weighted by molar-refractivity contribution is 7.17. The van der Waals surface area contributed by atoms with Crippen molar-refractivity contribution in [3.63, 3.8) is 0 Å². The predicted octanol–water partition coefficient (Wildman–Crippen LogP) is 3.59. The summed E-state index contributed by atoms with van der Waals surface area (Å²) >= 11 is 6.93. The van der Waals surface area contributed by atoms with Gasteiger partial charge in [0.1, 0.15) is 5.82 Å². The van der Waals surface area contributed by atoms with Crippen molar-refractivity contribution in [3.8, 4) is 0 Å². The van der Waals surface area contributed by atoms with E-state index in [1.165, 1.54) is 11.3 Å². The summed E-state index contributed by atoms with van der Waals surface area (Å²) in [6, 6.07) is 3.43. The van der Waals surface area contributed by atoms with Gasteiger partial charge in [0, 0.05) is 26.6 Å². The minimum atomic E-state index is -0.374. The lowest BCUT2D eigenvalue weighted by Gasteiger charge is -1.99. The molecule has 0 bridgehead atoms. The maximum Gasteiger partial charge on any atom is 0.151 e. The first-order valence-corrected chi connectivity index (χ1v) is 5.39. The SMILES string of the molecule is O=Cc1csc2ccc(CCl)c(F)c12. The molecular weight excluding hydrogens is 223 g/mol. The molecule has 2 aromatic rings. The number of carbonyl (C=O) groups excluding carboxylic acids is 1. The van der Waals surface area contributed by atoms with E-state index in [1.54, 1.807) is 17.5 Å². The monoisotopic (exact) mass is 228 g/mol. The number of alkyl halides is 1. The number of aldehydes is 1. The minimum absolute atomic E-state index is 0.121. The molecule has 1 aromatic heterocycles. The Morgan fingerprint density at radius 3 is 2.93 bits per heavy atom. The number of carbonyl (C=O) groups is 1. The normalized spacial score (nSPS) is 10.7. The highest BCUT2D eigenvalue weighted by Crippen LogP contribution is 2.29. The smallest absolute Gasteiger partial charge is 0.151 e. The van der Waals surface area contributed by atoms with Crippen LogP contribution in [0, 0.1) is 5.82 Å². The van der Waals surface area contributed by atoms with Crippen molar-refractivity contribution in [2.45, 2.75) is 5.88 Å². The number of hydrogen-bond acceptors (Lipinski definition) is 2. The Morgan fingerprint density at radius 2 is 2.29 bits per heavy atom. The van der Waals surface area contributed by atoms with Crippen LogP contribution >= 0.6 is 22.9 Å². The van der Waals surface area contributed by atoms with E-state index in [2.05, 4.69) is 0 Å². The molecule has 0 atom stereocenters. The molecule has 72 valence electrons. The average Bonchev–Trinajstić information content (AvgIpc) is 2.62. The van der Waals surface area contributed by atoms with Gasteiger partial charge in [0.15, 0.2) is 6.29 Å². The molecule has 0 saturated heterocycles. The van der Waals surface area contributed by atoms with Crippen molar-refractivity contribution in [1.29, 1.82) is 0 Å². The summed E-state index contributed by atoms with van der Waals surface area (Å²) in [6.07, 6.45) is 0.667. The molecule has 1 heterocycles. The molecule has 0 aliphatic carbocycles. The Balaban J connectivity index is 2.83. The van der Waals surface area contributed by atoms with Gasteiger partial charge >= 0.3 is 0 Å². The molecule has 4 heteroatoms. The first kappa shape index (κ1) is 9.62. The summed E-state index contributed by atoms with van der Waals surface area (Å²) < 4.78 is 14.5. The van der Waals surface area contributed by atoms with Crippen LogP contribution in [0.2, 0.25) is 0 Å². The van der Waals surface area contributed by atoms with Crippen molar-refractivity contribution < 1.29 is 9.18 Å². The number of rotatable bonds is 2. The molecule has 0 aliphatic rings. The van der Waals surface area contributed by atoms with Crippen LogP contribution in [0.1, 0.15) is 15.9 Å². The molecule has 2 rings (SSSR count). The van der Waals surface area contributed by atoms with Gasteiger partial charge in [-0.3, -0.25) is 4.79 Å². The Hall–Kier alpha value is -0.930. The van der Waals surface area contributed by atoms with E-state index in [0.29, 0.717) is 22.8 Å². The second-order valence-electron chi connectivity index (χ2n) is 2.85. The van der Waals surface area contributed by atoms with Crippen LogP contribution in [0.25, 0.3) is 10.1 Å². The third kappa shape index (κ3) is 1.33. The fraction of sp³-hybridized carbons (Fsp3) is 0.100.